The van der Waals surface area contributed by atoms with Gasteiger partial charge >= 0.3 is 7.12 Å². The lowest BCUT2D eigenvalue weighted by Gasteiger charge is -2.32. The lowest BCUT2D eigenvalue weighted by atomic mass is 9.75. The van der Waals surface area contributed by atoms with Gasteiger partial charge in [-0.1, -0.05) is 32.4 Å². The lowest BCUT2D eigenvalue weighted by molar-refractivity contribution is 0.00578. The highest BCUT2D eigenvalue weighted by Gasteiger charge is 2.52. The monoisotopic (exact) mass is 384 g/mol. The zero-order valence-corrected chi connectivity index (χ0v) is 18.5. The van der Waals surface area contributed by atoms with E-state index >= 15 is 0 Å². The highest BCUT2D eigenvalue weighted by molar-refractivity contribution is 6.63. The average Bonchev–Trinajstić information content (AvgIpc) is 2.76. The van der Waals surface area contributed by atoms with Gasteiger partial charge in [0.05, 0.1) is 17.8 Å². The van der Waals surface area contributed by atoms with Gasteiger partial charge in [0, 0.05) is 5.02 Å². The summed E-state index contributed by atoms with van der Waals surface area (Å²) in [5.74, 6) is 0.598. The third-order valence-electron chi connectivity index (χ3n) is 4.84. The van der Waals surface area contributed by atoms with E-state index in [-0.39, 0.29) is 6.61 Å². The lowest BCUT2D eigenvalue weighted by Crippen LogP contribution is -2.41. The van der Waals surface area contributed by atoms with Crippen molar-refractivity contribution in [2.24, 2.45) is 0 Å². The number of hydrogen-bond donors (Lipinski definition) is 1. The van der Waals surface area contributed by atoms with E-state index in [0.717, 1.165) is 17.4 Å². The Labute approximate surface area is 164 Å². The van der Waals surface area contributed by atoms with E-state index in [2.05, 4.69) is 0 Å². The summed E-state index contributed by atoms with van der Waals surface area (Å²) < 4.78 is 18.2. The standard InChI is InChI=1S/C18H28BClO4.C2H6/c1-8-13-14(19-23-17(4,5)18(6,7)24-19)9-12(10-15(13)20)22-16(2,3)11-21;1-2/h9-10,21H,8,11H2,1-7H3;1-2H3. The van der Waals surface area contributed by atoms with Crippen LogP contribution in [-0.4, -0.2) is 35.6 Å². The second-order valence-electron chi connectivity index (χ2n) is 7.93. The number of benzene rings is 1. The third kappa shape index (κ3) is 4.95. The summed E-state index contributed by atoms with van der Waals surface area (Å²) in [5, 5.41) is 10.1. The molecule has 0 unspecified atom stereocenters. The number of hydrogen-bond acceptors (Lipinski definition) is 4. The molecule has 1 N–H and O–H groups in total. The van der Waals surface area contributed by atoms with E-state index in [1.54, 1.807) is 6.07 Å². The maximum Gasteiger partial charge on any atom is 0.495 e. The molecule has 1 saturated heterocycles. The molecule has 0 radical (unpaired) electrons. The smallest absolute Gasteiger partial charge is 0.485 e. The molecule has 0 spiro atoms. The first-order valence-corrected chi connectivity index (χ1v) is 9.78. The van der Waals surface area contributed by atoms with Gasteiger partial charge < -0.3 is 19.2 Å². The first kappa shape index (κ1) is 23.3. The topological polar surface area (TPSA) is 47.9 Å². The molecule has 0 saturated carbocycles. The zero-order chi connectivity index (χ0) is 20.3. The fourth-order valence-electron chi connectivity index (χ4n) is 2.60. The predicted molar refractivity (Wildman–Crippen MR) is 110 cm³/mol. The molecule has 1 aliphatic heterocycles. The van der Waals surface area contributed by atoms with Gasteiger partial charge in [0.15, 0.2) is 0 Å². The van der Waals surface area contributed by atoms with Crippen molar-refractivity contribution in [3.05, 3.63) is 22.7 Å². The summed E-state index contributed by atoms with van der Waals surface area (Å²) in [6, 6.07) is 3.69. The molecule has 1 aromatic carbocycles. The summed E-state index contributed by atoms with van der Waals surface area (Å²) in [5.41, 5.74) is 0.341. The van der Waals surface area contributed by atoms with Gasteiger partial charge in [0.2, 0.25) is 0 Å². The molecule has 6 heteroatoms. The molecule has 1 aromatic rings. The number of halogens is 1. The first-order chi connectivity index (χ1) is 11.9. The van der Waals surface area contributed by atoms with Crippen LogP contribution in [0.1, 0.15) is 67.9 Å². The minimum Gasteiger partial charge on any atom is -0.485 e. The molecule has 1 aliphatic rings. The van der Waals surface area contributed by atoms with E-state index in [9.17, 15) is 5.11 Å². The molecule has 1 fully saturated rings. The molecule has 2 rings (SSSR count). The van der Waals surface area contributed by atoms with Gasteiger partial charge in [0.1, 0.15) is 11.4 Å². The maximum atomic E-state index is 9.44. The Bertz CT molecular complexity index is 598. The zero-order valence-electron chi connectivity index (χ0n) is 17.7. The van der Waals surface area contributed by atoms with Crippen LogP contribution in [0.4, 0.5) is 0 Å². The molecular formula is C20H34BClO4. The van der Waals surface area contributed by atoms with Crippen LogP contribution in [0.3, 0.4) is 0 Å². The summed E-state index contributed by atoms with van der Waals surface area (Å²) in [7, 11) is -0.497. The average molecular weight is 385 g/mol. The normalized spacial score (nSPS) is 18.3. The molecular weight excluding hydrogens is 350 g/mol. The summed E-state index contributed by atoms with van der Waals surface area (Å²) in [6.45, 7) is 17.7. The Balaban J connectivity index is 0.00000163. The largest absolute Gasteiger partial charge is 0.495 e. The second-order valence-corrected chi connectivity index (χ2v) is 8.34. The Morgan fingerprint density at radius 2 is 1.62 bits per heavy atom. The van der Waals surface area contributed by atoms with Crippen molar-refractivity contribution in [2.45, 2.75) is 85.5 Å². The number of ether oxygens (including phenoxy) is 1. The van der Waals surface area contributed by atoms with Gasteiger partial charge in [-0.05, 0) is 71.1 Å². The van der Waals surface area contributed by atoms with E-state index in [4.69, 9.17) is 25.6 Å². The van der Waals surface area contributed by atoms with Gasteiger partial charge in [0.25, 0.3) is 0 Å². The Hall–Kier alpha value is -0.745. The molecule has 0 bridgehead atoms. The Morgan fingerprint density at radius 3 is 2.04 bits per heavy atom. The third-order valence-corrected chi connectivity index (χ3v) is 5.18. The summed E-state index contributed by atoms with van der Waals surface area (Å²) >= 11 is 6.47. The van der Waals surface area contributed by atoms with Gasteiger partial charge in [-0.3, -0.25) is 0 Å². The van der Waals surface area contributed by atoms with Crippen LogP contribution < -0.4 is 10.2 Å². The Morgan fingerprint density at radius 1 is 1.12 bits per heavy atom. The quantitative estimate of drug-likeness (QED) is 0.765. The predicted octanol–water partition coefficient (Wildman–Crippen LogP) is 4.38. The highest BCUT2D eigenvalue weighted by Crippen LogP contribution is 2.37. The molecule has 148 valence electrons. The van der Waals surface area contributed by atoms with Crippen molar-refractivity contribution in [3.63, 3.8) is 0 Å². The minimum atomic E-state index is -0.690. The van der Waals surface area contributed by atoms with Crippen molar-refractivity contribution >= 4 is 24.2 Å². The summed E-state index contributed by atoms with van der Waals surface area (Å²) in [4.78, 5) is 0. The summed E-state index contributed by atoms with van der Waals surface area (Å²) in [6.07, 6.45) is 0.766. The van der Waals surface area contributed by atoms with Crippen LogP contribution >= 0.6 is 11.6 Å². The van der Waals surface area contributed by atoms with Gasteiger partial charge in [-0.25, -0.2) is 0 Å². The van der Waals surface area contributed by atoms with Crippen LogP contribution in [-0.2, 0) is 15.7 Å². The first-order valence-electron chi connectivity index (χ1n) is 9.40. The highest BCUT2D eigenvalue weighted by atomic mass is 35.5. The van der Waals surface area contributed by atoms with Crippen molar-refractivity contribution < 1.29 is 19.2 Å². The number of aliphatic hydroxyl groups excluding tert-OH is 1. The fourth-order valence-corrected chi connectivity index (χ4v) is 2.95. The molecule has 4 nitrogen and oxygen atoms in total. The SMILES string of the molecule is CC.CCc1c(Cl)cc(OC(C)(C)CO)cc1B1OC(C)(C)C(C)(C)O1. The van der Waals surface area contributed by atoms with E-state index < -0.39 is 23.9 Å². The van der Waals surface area contributed by atoms with Crippen molar-refractivity contribution in [3.8, 4) is 5.75 Å². The molecule has 0 amide bonds. The van der Waals surface area contributed by atoms with Crippen LogP contribution in [0, 0.1) is 0 Å². The fraction of sp³-hybridized carbons (Fsp3) is 0.700. The molecule has 26 heavy (non-hydrogen) atoms. The maximum absolute atomic E-state index is 9.44. The minimum absolute atomic E-state index is 0.0913. The number of aliphatic hydroxyl groups is 1. The van der Waals surface area contributed by atoms with Crippen molar-refractivity contribution in [1.82, 2.24) is 0 Å². The van der Waals surface area contributed by atoms with Crippen LogP contribution in [0.15, 0.2) is 12.1 Å². The van der Waals surface area contributed by atoms with Crippen molar-refractivity contribution in [2.75, 3.05) is 6.61 Å². The van der Waals surface area contributed by atoms with E-state index in [1.807, 2.05) is 68.4 Å². The van der Waals surface area contributed by atoms with E-state index in [1.165, 1.54) is 0 Å². The van der Waals surface area contributed by atoms with Gasteiger partial charge in [-0.2, -0.15) is 0 Å². The Kier molecular flexibility index (Phi) is 7.63. The molecule has 1 heterocycles. The molecule has 0 aliphatic carbocycles. The number of rotatable bonds is 5. The molecule has 0 aromatic heterocycles. The van der Waals surface area contributed by atoms with Crippen LogP contribution in [0.5, 0.6) is 5.75 Å². The second kappa shape index (κ2) is 8.51. The van der Waals surface area contributed by atoms with Crippen LogP contribution in [0.25, 0.3) is 0 Å². The van der Waals surface area contributed by atoms with E-state index in [0.29, 0.717) is 10.8 Å². The van der Waals surface area contributed by atoms with Crippen molar-refractivity contribution in [1.29, 1.82) is 0 Å². The van der Waals surface area contributed by atoms with Gasteiger partial charge in [-0.15, -0.1) is 0 Å². The van der Waals surface area contributed by atoms with Crippen LogP contribution in [0.2, 0.25) is 5.02 Å². The molecule has 0 atom stereocenters.